The predicted molar refractivity (Wildman–Crippen MR) is 128 cm³/mol. The summed E-state index contributed by atoms with van der Waals surface area (Å²) < 4.78 is 6.86. The van der Waals surface area contributed by atoms with E-state index in [0.717, 1.165) is 37.1 Å². The monoisotopic (exact) mass is 431 g/mol. The number of nitriles is 1. The van der Waals surface area contributed by atoms with Gasteiger partial charge < -0.3 is 15.4 Å². The van der Waals surface area contributed by atoms with E-state index in [0.29, 0.717) is 28.5 Å². The molecule has 7 nitrogen and oxygen atoms in total. The van der Waals surface area contributed by atoms with E-state index in [-0.39, 0.29) is 11.6 Å². The molecule has 2 aromatic rings. The number of piperidine rings is 1. The minimum absolute atomic E-state index is 0.133. The van der Waals surface area contributed by atoms with E-state index >= 15 is 0 Å². The Labute approximate surface area is 188 Å². The third-order valence-electron chi connectivity index (χ3n) is 5.70. The lowest BCUT2D eigenvalue weighted by Crippen LogP contribution is -2.42. The van der Waals surface area contributed by atoms with Crippen molar-refractivity contribution in [2.75, 3.05) is 25.1 Å². The van der Waals surface area contributed by atoms with Crippen molar-refractivity contribution in [3.63, 3.8) is 0 Å². The van der Waals surface area contributed by atoms with Crippen LogP contribution in [0.2, 0.25) is 0 Å². The van der Waals surface area contributed by atoms with Gasteiger partial charge in [-0.3, -0.25) is 9.36 Å². The molecule has 32 heavy (non-hydrogen) atoms. The minimum Gasteiger partial charge on any atom is -0.497 e. The zero-order valence-electron chi connectivity index (χ0n) is 18.8. The van der Waals surface area contributed by atoms with Crippen LogP contribution in [0.5, 0.6) is 5.75 Å². The van der Waals surface area contributed by atoms with Crippen molar-refractivity contribution >= 4 is 11.5 Å². The summed E-state index contributed by atoms with van der Waals surface area (Å²) in [6.07, 6.45) is 6.68. The number of methoxy groups -OCH3 is 1. The molecule has 0 saturated carbocycles. The average molecular weight is 432 g/mol. The number of rotatable bonds is 6. The van der Waals surface area contributed by atoms with Gasteiger partial charge in [-0.25, -0.2) is 4.98 Å². The van der Waals surface area contributed by atoms with Crippen LogP contribution in [0.3, 0.4) is 0 Å². The second kappa shape index (κ2) is 10.1. The maximum absolute atomic E-state index is 13.6. The van der Waals surface area contributed by atoms with Gasteiger partial charge in [0.2, 0.25) is 5.95 Å². The fraction of sp³-hybridized carbons (Fsp3) is 0.320. The van der Waals surface area contributed by atoms with E-state index < -0.39 is 0 Å². The van der Waals surface area contributed by atoms with E-state index in [1.165, 1.54) is 6.08 Å². The average Bonchev–Trinajstić information content (AvgIpc) is 2.82. The molecule has 3 rings (SSSR count). The molecule has 2 heterocycles. The van der Waals surface area contributed by atoms with Gasteiger partial charge in [-0.2, -0.15) is 5.26 Å². The first-order chi connectivity index (χ1) is 15.4. The maximum atomic E-state index is 13.6. The maximum Gasteiger partial charge on any atom is 0.263 e. The van der Waals surface area contributed by atoms with Crippen LogP contribution >= 0.6 is 0 Å². The van der Waals surface area contributed by atoms with Crippen molar-refractivity contribution in [2.45, 2.75) is 25.8 Å². The van der Waals surface area contributed by atoms with Crippen LogP contribution in [-0.2, 0) is 7.05 Å². The molecule has 0 aliphatic carbocycles. The minimum atomic E-state index is -0.133. The Morgan fingerprint density at radius 1 is 1.28 bits per heavy atom. The number of ether oxygens (including phenoxy) is 1. The van der Waals surface area contributed by atoms with Crippen LogP contribution in [0.1, 0.15) is 25.5 Å². The molecule has 0 spiro atoms. The summed E-state index contributed by atoms with van der Waals surface area (Å²) in [5, 5.41) is 9.19. The highest BCUT2D eigenvalue weighted by Crippen LogP contribution is 2.29. The molecule has 166 valence electrons. The van der Waals surface area contributed by atoms with Crippen LogP contribution in [0.25, 0.3) is 16.7 Å². The lowest BCUT2D eigenvalue weighted by atomic mass is 10.00. The molecule has 7 heteroatoms. The van der Waals surface area contributed by atoms with Gasteiger partial charge in [-0.05, 0) is 49.1 Å². The number of hydrogen-bond acceptors (Lipinski definition) is 6. The van der Waals surface area contributed by atoms with Crippen molar-refractivity contribution in [1.82, 2.24) is 9.55 Å². The molecular weight excluding hydrogens is 402 g/mol. The molecule has 0 bridgehead atoms. The zero-order chi connectivity index (χ0) is 23.3. The van der Waals surface area contributed by atoms with Crippen LogP contribution in [-0.4, -0.2) is 35.8 Å². The standard InChI is InChI=1S/C25H29N5O2/c1-5-18(16-26)7-6-17(2)23-22(19-8-10-21(32-4)11-9-19)24(31)29(3)25(28-23)30-14-12-20(27)13-15-30/h5-11,20H,1,12-15,27H2,2-4H3/b17-6+,18-7+. The van der Waals surface area contributed by atoms with E-state index in [1.54, 1.807) is 30.9 Å². The van der Waals surface area contributed by atoms with Crippen LogP contribution < -0.4 is 20.9 Å². The van der Waals surface area contributed by atoms with Gasteiger partial charge in [-0.1, -0.05) is 30.9 Å². The summed E-state index contributed by atoms with van der Waals surface area (Å²) in [5.41, 5.74) is 8.98. The van der Waals surface area contributed by atoms with E-state index in [1.807, 2.05) is 31.2 Å². The number of nitrogens with two attached hydrogens (primary N) is 1. The van der Waals surface area contributed by atoms with Crippen molar-refractivity contribution in [3.05, 3.63) is 70.7 Å². The number of nitrogens with zero attached hydrogens (tertiary/aromatic N) is 4. The normalized spacial score (nSPS) is 15.4. The molecular formula is C25H29N5O2. The fourth-order valence-corrected chi connectivity index (χ4v) is 3.72. The summed E-state index contributed by atoms with van der Waals surface area (Å²) in [6, 6.07) is 9.62. The predicted octanol–water partition coefficient (Wildman–Crippen LogP) is 3.42. The van der Waals surface area contributed by atoms with Crippen molar-refractivity contribution in [3.8, 4) is 22.9 Å². The van der Waals surface area contributed by atoms with Gasteiger partial charge in [0.05, 0.1) is 30.0 Å². The van der Waals surface area contributed by atoms with Gasteiger partial charge in [-0.15, -0.1) is 0 Å². The quantitative estimate of drug-likeness (QED) is 0.556. The van der Waals surface area contributed by atoms with Gasteiger partial charge in [0.15, 0.2) is 0 Å². The van der Waals surface area contributed by atoms with Crippen molar-refractivity contribution < 1.29 is 4.74 Å². The number of anilines is 1. The smallest absolute Gasteiger partial charge is 0.263 e. The summed E-state index contributed by atoms with van der Waals surface area (Å²) in [6.45, 7) is 7.04. The number of benzene rings is 1. The first-order valence-electron chi connectivity index (χ1n) is 10.6. The van der Waals surface area contributed by atoms with Gasteiger partial charge in [0.25, 0.3) is 5.56 Å². The highest BCUT2D eigenvalue weighted by Gasteiger charge is 2.23. The molecule has 1 fully saturated rings. The van der Waals surface area contributed by atoms with Crippen LogP contribution in [0.4, 0.5) is 5.95 Å². The first-order valence-corrected chi connectivity index (χ1v) is 10.6. The molecule has 0 unspecified atom stereocenters. The summed E-state index contributed by atoms with van der Waals surface area (Å²) in [7, 11) is 3.35. The SMILES string of the molecule is C=C/C(C#N)=C\C=C(/C)c1nc(N2CCC(N)CC2)n(C)c(=O)c1-c1ccc(OC)cc1. The Kier molecular flexibility index (Phi) is 7.29. The summed E-state index contributed by atoms with van der Waals surface area (Å²) >= 11 is 0. The lowest BCUT2D eigenvalue weighted by Gasteiger charge is -2.32. The Balaban J connectivity index is 2.20. The number of allylic oxidation sites excluding steroid dienone is 5. The highest BCUT2D eigenvalue weighted by molar-refractivity contribution is 5.79. The number of aromatic nitrogens is 2. The van der Waals surface area contributed by atoms with E-state index in [2.05, 4.69) is 17.5 Å². The molecule has 1 aliphatic heterocycles. The molecule has 2 N–H and O–H groups in total. The fourth-order valence-electron chi connectivity index (χ4n) is 3.72. The molecule has 1 aromatic heterocycles. The van der Waals surface area contributed by atoms with Gasteiger partial charge in [0.1, 0.15) is 5.75 Å². The largest absolute Gasteiger partial charge is 0.497 e. The van der Waals surface area contributed by atoms with Crippen LogP contribution in [0.15, 0.2) is 59.4 Å². The highest BCUT2D eigenvalue weighted by atomic mass is 16.5. The Hall–Kier alpha value is -3.63. The molecule has 1 aliphatic rings. The topological polar surface area (TPSA) is 97.2 Å². The molecule has 1 aromatic carbocycles. The van der Waals surface area contributed by atoms with E-state index in [4.69, 9.17) is 15.5 Å². The zero-order valence-corrected chi connectivity index (χ0v) is 18.8. The second-order valence-corrected chi connectivity index (χ2v) is 7.84. The third-order valence-corrected chi connectivity index (χ3v) is 5.70. The Morgan fingerprint density at radius 3 is 2.50 bits per heavy atom. The van der Waals surface area contributed by atoms with Crippen molar-refractivity contribution in [1.29, 1.82) is 5.26 Å². The van der Waals surface area contributed by atoms with Crippen molar-refractivity contribution in [2.24, 2.45) is 12.8 Å². The summed E-state index contributed by atoms with van der Waals surface area (Å²) in [4.78, 5) is 20.6. The third kappa shape index (κ3) is 4.82. The first kappa shape index (κ1) is 23.0. The van der Waals surface area contributed by atoms with Gasteiger partial charge >= 0.3 is 0 Å². The molecule has 0 amide bonds. The molecule has 0 radical (unpaired) electrons. The lowest BCUT2D eigenvalue weighted by molar-refractivity contribution is 0.415. The molecule has 1 saturated heterocycles. The van der Waals surface area contributed by atoms with E-state index in [9.17, 15) is 10.1 Å². The Bertz CT molecular complexity index is 1140. The van der Waals surface area contributed by atoms with Crippen LogP contribution in [0, 0.1) is 11.3 Å². The second-order valence-electron chi connectivity index (χ2n) is 7.84. The number of hydrogen-bond donors (Lipinski definition) is 1. The summed E-state index contributed by atoms with van der Waals surface area (Å²) in [5.74, 6) is 1.33. The molecule has 0 atom stereocenters. The van der Waals surface area contributed by atoms with Gasteiger partial charge in [0, 0.05) is 26.2 Å². The Morgan fingerprint density at radius 2 is 1.94 bits per heavy atom.